The van der Waals surface area contributed by atoms with Crippen LogP contribution in [0.15, 0.2) is 41.5 Å². The number of nitrogens with zero attached hydrogens (tertiary/aromatic N) is 2. The van der Waals surface area contributed by atoms with Crippen molar-refractivity contribution < 1.29 is 0 Å². The van der Waals surface area contributed by atoms with E-state index in [0.717, 1.165) is 17.7 Å². The molecule has 1 heterocycles. The first-order valence-corrected chi connectivity index (χ1v) is 6.31. The molecule has 0 radical (unpaired) electrons. The lowest BCUT2D eigenvalue weighted by atomic mass is 10.1. The van der Waals surface area contributed by atoms with Crippen molar-refractivity contribution in [2.24, 2.45) is 5.73 Å². The number of aromatic nitrogens is 2. The molecule has 5 heteroatoms. The summed E-state index contributed by atoms with van der Waals surface area (Å²) in [4.78, 5) is 20.1. The summed E-state index contributed by atoms with van der Waals surface area (Å²) in [6.07, 6.45) is 1.43. The second-order valence-corrected chi connectivity index (χ2v) is 4.26. The normalized spacial score (nSPS) is 10.4. The van der Waals surface area contributed by atoms with Gasteiger partial charge < -0.3 is 15.6 Å². The van der Waals surface area contributed by atoms with E-state index in [1.54, 1.807) is 0 Å². The SMILES string of the molecule is CCN(Cc1ccccc1CN)c1cc(=O)[nH]cn1. The molecule has 0 atom stereocenters. The molecule has 1 aromatic heterocycles. The van der Waals surface area contributed by atoms with E-state index in [-0.39, 0.29) is 5.56 Å². The van der Waals surface area contributed by atoms with Gasteiger partial charge in [-0.2, -0.15) is 0 Å². The van der Waals surface area contributed by atoms with Gasteiger partial charge in [-0.3, -0.25) is 4.79 Å². The first kappa shape index (κ1) is 13.3. The van der Waals surface area contributed by atoms with Crippen molar-refractivity contribution in [1.82, 2.24) is 9.97 Å². The molecule has 2 rings (SSSR count). The van der Waals surface area contributed by atoms with E-state index in [0.29, 0.717) is 18.9 Å². The number of nitrogens with one attached hydrogen (secondary N) is 1. The maximum atomic E-state index is 11.3. The molecule has 2 aromatic rings. The summed E-state index contributed by atoms with van der Waals surface area (Å²) in [5.41, 5.74) is 7.88. The van der Waals surface area contributed by atoms with E-state index in [2.05, 4.69) is 16.0 Å². The van der Waals surface area contributed by atoms with Crippen molar-refractivity contribution in [3.8, 4) is 0 Å². The van der Waals surface area contributed by atoms with Gasteiger partial charge in [0.15, 0.2) is 0 Å². The Labute approximate surface area is 112 Å². The third-order valence-corrected chi connectivity index (χ3v) is 3.07. The topological polar surface area (TPSA) is 75.0 Å². The van der Waals surface area contributed by atoms with Crippen molar-refractivity contribution in [2.75, 3.05) is 11.4 Å². The van der Waals surface area contributed by atoms with Gasteiger partial charge >= 0.3 is 0 Å². The molecule has 0 aliphatic rings. The van der Waals surface area contributed by atoms with Crippen LogP contribution in [0, 0.1) is 0 Å². The van der Waals surface area contributed by atoms with Gasteiger partial charge in [0.2, 0.25) is 0 Å². The molecule has 0 unspecified atom stereocenters. The Kier molecular flexibility index (Phi) is 4.30. The summed E-state index contributed by atoms with van der Waals surface area (Å²) in [6, 6.07) is 9.56. The lowest BCUT2D eigenvalue weighted by Gasteiger charge is -2.22. The monoisotopic (exact) mass is 258 g/mol. The highest BCUT2D eigenvalue weighted by Gasteiger charge is 2.09. The van der Waals surface area contributed by atoms with Crippen molar-refractivity contribution in [3.05, 3.63) is 58.1 Å². The minimum Gasteiger partial charge on any atom is -0.352 e. The maximum Gasteiger partial charge on any atom is 0.252 e. The number of benzene rings is 1. The number of nitrogens with two attached hydrogens (primary N) is 1. The summed E-state index contributed by atoms with van der Waals surface area (Å²) in [6.45, 7) is 4.01. The number of hydrogen-bond acceptors (Lipinski definition) is 4. The number of aromatic amines is 1. The molecular weight excluding hydrogens is 240 g/mol. The first-order chi connectivity index (χ1) is 9.24. The Morgan fingerprint density at radius 2 is 2.05 bits per heavy atom. The van der Waals surface area contributed by atoms with Crippen molar-refractivity contribution in [3.63, 3.8) is 0 Å². The average molecular weight is 258 g/mol. The number of anilines is 1. The van der Waals surface area contributed by atoms with E-state index in [1.807, 2.05) is 30.0 Å². The molecule has 0 bridgehead atoms. The summed E-state index contributed by atoms with van der Waals surface area (Å²) >= 11 is 0. The summed E-state index contributed by atoms with van der Waals surface area (Å²) in [5, 5.41) is 0. The molecule has 0 spiro atoms. The van der Waals surface area contributed by atoms with E-state index in [9.17, 15) is 4.79 Å². The zero-order valence-corrected chi connectivity index (χ0v) is 11.0. The highest BCUT2D eigenvalue weighted by Crippen LogP contribution is 2.15. The number of H-pyrrole nitrogens is 1. The molecule has 0 amide bonds. The third kappa shape index (κ3) is 3.20. The van der Waals surface area contributed by atoms with Gasteiger partial charge in [0.05, 0.1) is 6.33 Å². The van der Waals surface area contributed by atoms with Crippen LogP contribution in [-0.2, 0) is 13.1 Å². The molecule has 0 aliphatic heterocycles. The smallest absolute Gasteiger partial charge is 0.252 e. The second-order valence-electron chi connectivity index (χ2n) is 4.26. The van der Waals surface area contributed by atoms with Gasteiger partial charge in [0.1, 0.15) is 5.82 Å². The van der Waals surface area contributed by atoms with E-state index < -0.39 is 0 Å². The van der Waals surface area contributed by atoms with E-state index >= 15 is 0 Å². The first-order valence-electron chi connectivity index (χ1n) is 6.31. The Morgan fingerprint density at radius 3 is 2.68 bits per heavy atom. The van der Waals surface area contributed by atoms with E-state index in [4.69, 9.17) is 5.73 Å². The van der Waals surface area contributed by atoms with Gasteiger partial charge in [-0.15, -0.1) is 0 Å². The van der Waals surface area contributed by atoms with Gasteiger partial charge in [-0.05, 0) is 18.1 Å². The molecule has 3 N–H and O–H groups in total. The fourth-order valence-corrected chi connectivity index (χ4v) is 2.00. The molecule has 19 heavy (non-hydrogen) atoms. The number of rotatable bonds is 5. The third-order valence-electron chi connectivity index (χ3n) is 3.07. The lowest BCUT2D eigenvalue weighted by Crippen LogP contribution is -2.25. The maximum absolute atomic E-state index is 11.3. The van der Waals surface area contributed by atoms with Crippen LogP contribution in [0.4, 0.5) is 5.82 Å². The zero-order chi connectivity index (χ0) is 13.7. The van der Waals surface area contributed by atoms with Crippen LogP contribution >= 0.6 is 0 Å². The quantitative estimate of drug-likeness (QED) is 0.846. The largest absolute Gasteiger partial charge is 0.352 e. The Morgan fingerprint density at radius 1 is 1.32 bits per heavy atom. The number of hydrogen-bond donors (Lipinski definition) is 2. The predicted molar refractivity (Wildman–Crippen MR) is 75.9 cm³/mol. The van der Waals surface area contributed by atoms with Crippen molar-refractivity contribution in [1.29, 1.82) is 0 Å². The molecule has 100 valence electrons. The molecule has 0 aliphatic carbocycles. The van der Waals surface area contributed by atoms with Crippen LogP contribution in [0.3, 0.4) is 0 Å². The molecular formula is C14H18N4O. The fourth-order valence-electron chi connectivity index (χ4n) is 2.00. The van der Waals surface area contributed by atoms with Crippen LogP contribution in [0.2, 0.25) is 0 Å². The summed E-state index contributed by atoms with van der Waals surface area (Å²) < 4.78 is 0. The molecule has 1 aromatic carbocycles. The lowest BCUT2D eigenvalue weighted by molar-refractivity contribution is 0.798. The predicted octanol–water partition coefficient (Wildman–Crippen LogP) is 1.26. The summed E-state index contributed by atoms with van der Waals surface area (Å²) in [5.74, 6) is 0.679. The summed E-state index contributed by atoms with van der Waals surface area (Å²) in [7, 11) is 0. The molecule has 0 fully saturated rings. The van der Waals surface area contributed by atoms with Crippen LogP contribution in [0.5, 0.6) is 0 Å². The molecule has 0 saturated carbocycles. The van der Waals surface area contributed by atoms with Crippen molar-refractivity contribution >= 4 is 5.82 Å². The highest BCUT2D eigenvalue weighted by atomic mass is 16.1. The molecule has 0 saturated heterocycles. The average Bonchev–Trinajstić information content (AvgIpc) is 2.45. The van der Waals surface area contributed by atoms with Crippen molar-refractivity contribution in [2.45, 2.75) is 20.0 Å². The highest BCUT2D eigenvalue weighted by molar-refractivity contribution is 5.39. The van der Waals surface area contributed by atoms with Gasteiger partial charge in [-0.25, -0.2) is 4.98 Å². The zero-order valence-electron chi connectivity index (χ0n) is 11.0. The second kappa shape index (κ2) is 6.15. The van der Waals surface area contributed by atoms with E-state index in [1.165, 1.54) is 12.4 Å². The molecule has 5 nitrogen and oxygen atoms in total. The van der Waals surface area contributed by atoms with Gasteiger partial charge in [0, 0.05) is 25.7 Å². The van der Waals surface area contributed by atoms with Crippen LogP contribution in [-0.4, -0.2) is 16.5 Å². The van der Waals surface area contributed by atoms with Crippen LogP contribution in [0.25, 0.3) is 0 Å². The Bertz CT molecular complexity index is 594. The minimum absolute atomic E-state index is 0.143. The standard InChI is InChI=1S/C14H18N4O/c1-2-18(13-7-14(19)17-10-16-13)9-12-6-4-3-5-11(12)8-15/h3-7,10H,2,8-9,15H2,1H3,(H,16,17,19). The van der Waals surface area contributed by atoms with Gasteiger partial charge in [0.25, 0.3) is 5.56 Å². The fraction of sp³-hybridized carbons (Fsp3) is 0.286. The van der Waals surface area contributed by atoms with Crippen LogP contribution < -0.4 is 16.2 Å². The minimum atomic E-state index is -0.143. The van der Waals surface area contributed by atoms with Crippen LogP contribution in [0.1, 0.15) is 18.1 Å². The van der Waals surface area contributed by atoms with Gasteiger partial charge in [-0.1, -0.05) is 24.3 Å². The Balaban J connectivity index is 2.26. The Hall–Kier alpha value is -2.14.